The fourth-order valence-electron chi connectivity index (χ4n) is 4.71. The second-order valence-corrected chi connectivity index (χ2v) is 7.63. The van der Waals surface area contributed by atoms with E-state index in [1.807, 2.05) is 6.07 Å². The van der Waals surface area contributed by atoms with Crippen LogP contribution < -0.4 is 11.1 Å². The SMILES string of the molecule is NC1C2CCCC1CC(C(=O)NC1(c3ccccc3)CC1)C2. The summed E-state index contributed by atoms with van der Waals surface area (Å²) >= 11 is 0. The maximum atomic E-state index is 12.8. The van der Waals surface area contributed by atoms with E-state index >= 15 is 0 Å². The molecule has 3 N–H and O–H groups in total. The Labute approximate surface area is 132 Å². The van der Waals surface area contributed by atoms with E-state index in [0.717, 1.165) is 25.7 Å². The highest BCUT2D eigenvalue weighted by Gasteiger charge is 2.48. The number of nitrogens with two attached hydrogens (primary N) is 1. The highest BCUT2D eigenvalue weighted by Crippen LogP contribution is 2.47. The van der Waals surface area contributed by atoms with E-state index in [2.05, 4.69) is 29.6 Å². The van der Waals surface area contributed by atoms with Crippen molar-refractivity contribution in [1.82, 2.24) is 5.32 Å². The highest BCUT2D eigenvalue weighted by molar-refractivity contribution is 5.80. The lowest BCUT2D eigenvalue weighted by Crippen LogP contribution is -2.50. The first-order chi connectivity index (χ1) is 10.7. The van der Waals surface area contributed by atoms with Crippen LogP contribution in [-0.4, -0.2) is 11.9 Å². The van der Waals surface area contributed by atoms with Crippen LogP contribution in [0.15, 0.2) is 30.3 Å². The summed E-state index contributed by atoms with van der Waals surface area (Å²) in [4.78, 5) is 12.8. The van der Waals surface area contributed by atoms with E-state index in [9.17, 15) is 4.79 Å². The number of benzene rings is 1. The predicted octanol–water partition coefficient (Wildman–Crippen LogP) is 2.95. The summed E-state index contributed by atoms with van der Waals surface area (Å²) in [5.41, 5.74) is 7.53. The van der Waals surface area contributed by atoms with Crippen LogP contribution in [0, 0.1) is 17.8 Å². The summed E-state index contributed by atoms with van der Waals surface area (Å²) in [6, 6.07) is 10.8. The Hall–Kier alpha value is -1.35. The summed E-state index contributed by atoms with van der Waals surface area (Å²) in [6.45, 7) is 0. The lowest BCUT2D eigenvalue weighted by atomic mass is 9.65. The molecule has 3 nitrogen and oxygen atoms in total. The van der Waals surface area contributed by atoms with Gasteiger partial charge >= 0.3 is 0 Å². The van der Waals surface area contributed by atoms with Crippen molar-refractivity contribution in [2.45, 2.75) is 56.5 Å². The molecule has 3 aliphatic rings. The van der Waals surface area contributed by atoms with Gasteiger partial charge in [0.05, 0.1) is 5.54 Å². The van der Waals surface area contributed by atoms with Crippen molar-refractivity contribution in [2.24, 2.45) is 23.5 Å². The third kappa shape index (κ3) is 2.45. The Morgan fingerprint density at radius 3 is 2.32 bits per heavy atom. The van der Waals surface area contributed by atoms with Gasteiger partial charge in [-0.3, -0.25) is 4.79 Å². The number of carbonyl (C=O) groups is 1. The fraction of sp³-hybridized carbons (Fsp3) is 0.632. The topological polar surface area (TPSA) is 55.1 Å². The summed E-state index contributed by atoms with van der Waals surface area (Å²) in [6.07, 6.45) is 7.86. The molecule has 0 spiro atoms. The van der Waals surface area contributed by atoms with Gasteiger partial charge in [-0.05, 0) is 55.9 Å². The summed E-state index contributed by atoms with van der Waals surface area (Å²) < 4.78 is 0. The maximum Gasteiger partial charge on any atom is 0.223 e. The second-order valence-electron chi connectivity index (χ2n) is 7.63. The van der Waals surface area contributed by atoms with Crippen LogP contribution in [0.4, 0.5) is 0 Å². The molecule has 118 valence electrons. The molecule has 3 fully saturated rings. The molecule has 0 aliphatic heterocycles. The van der Waals surface area contributed by atoms with Crippen molar-refractivity contribution >= 4 is 5.91 Å². The van der Waals surface area contributed by atoms with Crippen molar-refractivity contribution in [3.05, 3.63) is 35.9 Å². The molecule has 3 heteroatoms. The van der Waals surface area contributed by atoms with Crippen LogP contribution in [0.1, 0.15) is 50.5 Å². The molecular weight excluding hydrogens is 272 g/mol. The molecule has 3 saturated carbocycles. The van der Waals surface area contributed by atoms with Gasteiger partial charge in [0.1, 0.15) is 0 Å². The van der Waals surface area contributed by atoms with E-state index in [0.29, 0.717) is 17.9 Å². The number of fused-ring (bicyclic) bond motifs is 2. The summed E-state index contributed by atoms with van der Waals surface area (Å²) in [5.74, 6) is 1.58. The van der Waals surface area contributed by atoms with Gasteiger partial charge < -0.3 is 11.1 Å². The first kappa shape index (κ1) is 14.3. The number of carbonyl (C=O) groups excluding carboxylic acids is 1. The van der Waals surface area contributed by atoms with Crippen LogP contribution in [0.5, 0.6) is 0 Å². The highest BCUT2D eigenvalue weighted by atomic mass is 16.2. The first-order valence-corrected chi connectivity index (χ1v) is 8.81. The van der Waals surface area contributed by atoms with Gasteiger partial charge in [-0.1, -0.05) is 36.8 Å². The Kier molecular flexibility index (Phi) is 3.48. The van der Waals surface area contributed by atoms with Gasteiger partial charge in [0.15, 0.2) is 0 Å². The zero-order valence-corrected chi connectivity index (χ0v) is 13.1. The van der Waals surface area contributed by atoms with Gasteiger partial charge in [0.25, 0.3) is 0 Å². The lowest BCUT2D eigenvalue weighted by Gasteiger charge is -2.43. The maximum absolute atomic E-state index is 12.8. The zero-order valence-electron chi connectivity index (χ0n) is 13.1. The summed E-state index contributed by atoms with van der Waals surface area (Å²) in [7, 11) is 0. The van der Waals surface area contributed by atoms with Gasteiger partial charge in [-0.2, -0.15) is 0 Å². The predicted molar refractivity (Wildman–Crippen MR) is 87.0 cm³/mol. The van der Waals surface area contributed by atoms with Crippen molar-refractivity contribution in [3.63, 3.8) is 0 Å². The molecule has 1 amide bonds. The molecule has 2 bridgehead atoms. The minimum atomic E-state index is -0.0764. The zero-order chi connectivity index (χ0) is 15.2. The van der Waals surface area contributed by atoms with E-state index in [1.165, 1.54) is 24.8 Å². The molecule has 1 aromatic rings. The van der Waals surface area contributed by atoms with Crippen LogP contribution >= 0.6 is 0 Å². The molecule has 0 heterocycles. The van der Waals surface area contributed by atoms with E-state index in [4.69, 9.17) is 5.73 Å². The van der Waals surface area contributed by atoms with Gasteiger partial charge in [0, 0.05) is 12.0 Å². The molecular formula is C19H26N2O. The Morgan fingerprint density at radius 1 is 1.09 bits per heavy atom. The van der Waals surface area contributed by atoms with Crippen LogP contribution in [0.3, 0.4) is 0 Å². The summed E-state index contributed by atoms with van der Waals surface area (Å²) in [5, 5.41) is 3.38. The Morgan fingerprint density at radius 2 is 1.73 bits per heavy atom. The van der Waals surface area contributed by atoms with Crippen molar-refractivity contribution in [3.8, 4) is 0 Å². The molecule has 4 rings (SSSR count). The Bertz CT molecular complexity index is 538. The molecule has 0 aromatic heterocycles. The third-order valence-electron chi connectivity index (χ3n) is 6.22. The number of hydrogen-bond donors (Lipinski definition) is 2. The molecule has 2 atom stereocenters. The largest absolute Gasteiger partial charge is 0.346 e. The van der Waals surface area contributed by atoms with Crippen molar-refractivity contribution in [1.29, 1.82) is 0 Å². The van der Waals surface area contributed by atoms with Crippen molar-refractivity contribution in [2.75, 3.05) is 0 Å². The number of amides is 1. The average Bonchev–Trinajstić information content (AvgIpc) is 3.28. The third-order valence-corrected chi connectivity index (χ3v) is 6.22. The van der Waals surface area contributed by atoms with Crippen LogP contribution in [-0.2, 0) is 10.3 Å². The lowest BCUT2D eigenvalue weighted by molar-refractivity contribution is -0.129. The molecule has 1 aromatic carbocycles. The monoisotopic (exact) mass is 298 g/mol. The normalized spacial score (nSPS) is 35.7. The van der Waals surface area contributed by atoms with Crippen LogP contribution in [0.25, 0.3) is 0 Å². The molecule has 0 saturated heterocycles. The minimum Gasteiger partial charge on any atom is -0.346 e. The van der Waals surface area contributed by atoms with Crippen molar-refractivity contribution < 1.29 is 4.79 Å². The molecule has 3 aliphatic carbocycles. The molecule has 0 radical (unpaired) electrons. The fourth-order valence-corrected chi connectivity index (χ4v) is 4.71. The van der Waals surface area contributed by atoms with Crippen LogP contribution in [0.2, 0.25) is 0 Å². The number of rotatable bonds is 3. The molecule has 22 heavy (non-hydrogen) atoms. The second kappa shape index (κ2) is 5.38. The number of hydrogen-bond acceptors (Lipinski definition) is 2. The standard InChI is InChI=1S/C19H26N2O/c20-17-13-5-4-6-14(17)12-15(11-13)18(22)21-19(9-10-19)16-7-2-1-3-8-16/h1-3,7-8,13-15,17H,4-6,9-12,20H2,(H,21,22). The number of nitrogens with one attached hydrogen (secondary N) is 1. The van der Waals surface area contributed by atoms with E-state index in [-0.39, 0.29) is 17.4 Å². The van der Waals surface area contributed by atoms with Gasteiger partial charge in [-0.25, -0.2) is 0 Å². The minimum absolute atomic E-state index is 0.0764. The first-order valence-electron chi connectivity index (χ1n) is 8.81. The smallest absolute Gasteiger partial charge is 0.223 e. The van der Waals surface area contributed by atoms with Gasteiger partial charge in [0.2, 0.25) is 5.91 Å². The van der Waals surface area contributed by atoms with E-state index in [1.54, 1.807) is 0 Å². The van der Waals surface area contributed by atoms with E-state index < -0.39 is 0 Å². The van der Waals surface area contributed by atoms with Gasteiger partial charge in [-0.15, -0.1) is 0 Å². The average molecular weight is 298 g/mol. The Balaban J connectivity index is 1.45. The molecule has 2 unspecified atom stereocenters. The quantitative estimate of drug-likeness (QED) is 0.901.